The molecule has 2 nitrogen and oxygen atoms in total. The van der Waals surface area contributed by atoms with Crippen molar-refractivity contribution in [2.75, 3.05) is 12.3 Å². The molecule has 0 radical (unpaired) electrons. The van der Waals surface area contributed by atoms with Gasteiger partial charge in [-0.05, 0) is 36.9 Å². The van der Waals surface area contributed by atoms with Gasteiger partial charge >= 0.3 is 0 Å². The maximum atomic E-state index is 13.0. The Labute approximate surface area is 83.3 Å². The highest BCUT2D eigenvalue weighted by Gasteiger charge is 2.20. The van der Waals surface area contributed by atoms with E-state index in [1.807, 2.05) is 6.07 Å². The van der Waals surface area contributed by atoms with Gasteiger partial charge in [-0.25, -0.2) is 4.39 Å². The van der Waals surface area contributed by atoms with E-state index in [1.54, 1.807) is 6.07 Å². The van der Waals surface area contributed by atoms with Gasteiger partial charge in [0.25, 0.3) is 0 Å². The van der Waals surface area contributed by atoms with Crippen LogP contribution in [0.25, 0.3) is 0 Å². The first-order valence-electron chi connectivity index (χ1n) is 5.01. The van der Waals surface area contributed by atoms with Crippen molar-refractivity contribution >= 4 is 5.69 Å². The lowest BCUT2D eigenvalue weighted by atomic mass is 10.1. The van der Waals surface area contributed by atoms with Gasteiger partial charge in [0.05, 0.1) is 5.69 Å². The number of nitrogens with two attached hydrogens (primary N) is 1. The summed E-state index contributed by atoms with van der Waals surface area (Å²) in [6.45, 7) is 1.69. The monoisotopic (exact) mass is 194 g/mol. The van der Waals surface area contributed by atoms with Crippen molar-refractivity contribution in [1.29, 1.82) is 0 Å². The Kier molecular flexibility index (Phi) is 2.68. The fraction of sp³-hybridized carbons (Fsp3) is 0.455. The molecule has 1 aromatic carbocycles. The van der Waals surface area contributed by atoms with Gasteiger partial charge < -0.3 is 11.1 Å². The molecular weight excluding hydrogens is 179 g/mol. The molecule has 0 aliphatic heterocycles. The van der Waals surface area contributed by atoms with E-state index in [4.69, 9.17) is 5.73 Å². The smallest absolute Gasteiger partial charge is 0.146 e. The molecular formula is C11H15FN2. The summed E-state index contributed by atoms with van der Waals surface area (Å²) >= 11 is 0. The summed E-state index contributed by atoms with van der Waals surface area (Å²) in [6, 6.07) is 4.94. The fourth-order valence-electron chi connectivity index (χ4n) is 1.47. The minimum Gasteiger partial charge on any atom is -0.396 e. The second kappa shape index (κ2) is 3.96. The van der Waals surface area contributed by atoms with Crippen molar-refractivity contribution in [3.05, 3.63) is 29.6 Å². The van der Waals surface area contributed by atoms with Gasteiger partial charge in [0.1, 0.15) is 5.82 Å². The van der Waals surface area contributed by atoms with Crippen molar-refractivity contribution in [2.45, 2.75) is 19.4 Å². The van der Waals surface area contributed by atoms with E-state index >= 15 is 0 Å². The number of anilines is 1. The third-order valence-corrected chi connectivity index (χ3v) is 2.59. The molecule has 0 amide bonds. The molecule has 1 saturated carbocycles. The molecule has 0 saturated heterocycles. The highest BCUT2D eigenvalue weighted by atomic mass is 19.1. The number of nitrogen functional groups attached to an aromatic ring is 1. The molecule has 3 N–H and O–H groups in total. The largest absolute Gasteiger partial charge is 0.396 e. The van der Waals surface area contributed by atoms with Gasteiger partial charge in [-0.3, -0.25) is 0 Å². The number of hydrogen-bond donors (Lipinski definition) is 2. The molecule has 1 fully saturated rings. The van der Waals surface area contributed by atoms with Crippen molar-refractivity contribution in [2.24, 2.45) is 5.92 Å². The summed E-state index contributed by atoms with van der Waals surface area (Å²) in [5.41, 5.74) is 6.73. The number of benzene rings is 1. The molecule has 0 bridgehead atoms. The van der Waals surface area contributed by atoms with Gasteiger partial charge in [-0.2, -0.15) is 0 Å². The predicted molar refractivity (Wildman–Crippen MR) is 55.2 cm³/mol. The summed E-state index contributed by atoms with van der Waals surface area (Å²) < 4.78 is 13.0. The Morgan fingerprint density at radius 1 is 1.43 bits per heavy atom. The van der Waals surface area contributed by atoms with Crippen LogP contribution in [0, 0.1) is 11.7 Å². The SMILES string of the molecule is Nc1c(F)cccc1CNCC1CC1. The second-order valence-electron chi connectivity index (χ2n) is 3.89. The van der Waals surface area contributed by atoms with E-state index in [1.165, 1.54) is 18.9 Å². The molecule has 3 heteroatoms. The summed E-state index contributed by atoms with van der Waals surface area (Å²) in [7, 11) is 0. The first kappa shape index (κ1) is 9.46. The van der Waals surface area contributed by atoms with Gasteiger partial charge in [0.15, 0.2) is 0 Å². The lowest BCUT2D eigenvalue weighted by molar-refractivity contribution is 0.618. The van der Waals surface area contributed by atoms with Crippen LogP contribution in [-0.2, 0) is 6.54 Å². The zero-order valence-corrected chi connectivity index (χ0v) is 8.09. The highest BCUT2D eigenvalue weighted by Crippen LogP contribution is 2.27. The maximum Gasteiger partial charge on any atom is 0.146 e. The van der Waals surface area contributed by atoms with Gasteiger partial charge in [0.2, 0.25) is 0 Å². The molecule has 0 spiro atoms. The van der Waals surface area contributed by atoms with Crippen LogP contribution in [0.4, 0.5) is 10.1 Å². The Morgan fingerprint density at radius 3 is 2.93 bits per heavy atom. The minimum absolute atomic E-state index is 0.274. The van der Waals surface area contributed by atoms with Crippen LogP contribution in [-0.4, -0.2) is 6.54 Å². The maximum absolute atomic E-state index is 13.0. The standard InChI is InChI=1S/C11H15FN2/c12-10-3-1-2-9(11(10)13)7-14-6-8-4-5-8/h1-3,8,14H,4-7,13H2. The van der Waals surface area contributed by atoms with E-state index in [-0.39, 0.29) is 11.5 Å². The Hall–Kier alpha value is -1.09. The van der Waals surface area contributed by atoms with Gasteiger partial charge in [-0.1, -0.05) is 12.1 Å². The molecule has 1 aromatic rings. The summed E-state index contributed by atoms with van der Waals surface area (Å²) in [5, 5.41) is 3.28. The van der Waals surface area contributed by atoms with E-state index in [0.29, 0.717) is 6.54 Å². The van der Waals surface area contributed by atoms with E-state index in [2.05, 4.69) is 5.32 Å². The van der Waals surface area contributed by atoms with Crippen LogP contribution >= 0.6 is 0 Å². The van der Waals surface area contributed by atoms with Gasteiger partial charge in [0, 0.05) is 6.54 Å². The zero-order valence-electron chi connectivity index (χ0n) is 8.09. The lowest BCUT2D eigenvalue weighted by Gasteiger charge is -2.07. The molecule has 0 aromatic heterocycles. The topological polar surface area (TPSA) is 38.0 Å². The normalized spacial score (nSPS) is 15.8. The number of nitrogens with one attached hydrogen (secondary N) is 1. The summed E-state index contributed by atoms with van der Waals surface area (Å²) in [4.78, 5) is 0. The average Bonchev–Trinajstić information content (AvgIpc) is 2.96. The first-order valence-corrected chi connectivity index (χ1v) is 5.01. The number of halogens is 1. The predicted octanol–water partition coefficient (Wildman–Crippen LogP) is 1.91. The van der Waals surface area contributed by atoms with Crippen LogP contribution in [0.3, 0.4) is 0 Å². The van der Waals surface area contributed by atoms with Crippen LogP contribution in [0.2, 0.25) is 0 Å². The summed E-state index contributed by atoms with van der Waals surface area (Å²) in [6.07, 6.45) is 2.65. The third kappa shape index (κ3) is 2.23. The lowest BCUT2D eigenvalue weighted by Crippen LogP contribution is -2.17. The number of hydrogen-bond acceptors (Lipinski definition) is 2. The van der Waals surface area contributed by atoms with Crippen molar-refractivity contribution in [3.8, 4) is 0 Å². The fourth-order valence-corrected chi connectivity index (χ4v) is 1.47. The molecule has 14 heavy (non-hydrogen) atoms. The second-order valence-corrected chi connectivity index (χ2v) is 3.89. The molecule has 1 aliphatic carbocycles. The van der Waals surface area contributed by atoms with E-state index in [0.717, 1.165) is 18.0 Å². The van der Waals surface area contributed by atoms with Crippen LogP contribution in [0.1, 0.15) is 18.4 Å². The first-order chi connectivity index (χ1) is 6.77. The Bertz CT molecular complexity index is 321. The van der Waals surface area contributed by atoms with E-state index < -0.39 is 0 Å². The van der Waals surface area contributed by atoms with E-state index in [9.17, 15) is 4.39 Å². The van der Waals surface area contributed by atoms with Gasteiger partial charge in [-0.15, -0.1) is 0 Å². The molecule has 2 rings (SSSR count). The average molecular weight is 194 g/mol. The molecule has 0 atom stereocenters. The molecule has 0 unspecified atom stereocenters. The Morgan fingerprint density at radius 2 is 2.21 bits per heavy atom. The van der Waals surface area contributed by atoms with Crippen molar-refractivity contribution < 1.29 is 4.39 Å². The van der Waals surface area contributed by atoms with Crippen molar-refractivity contribution in [3.63, 3.8) is 0 Å². The van der Waals surface area contributed by atoms with Crippen LogP contribution in [0.5, 0.6) is 0 Å². The van der Waals surface area contributed by atoms with Crippen molar-refractivity contribution in [1.82, 2.24) is 5.32 Å². The molecule has 1 aliphatic rings. The van der Waals surface area contributed by atoms with Crippen LogP contribution in [0.15, 0.2) is 18.2 Å². The highest BCUT2D eigenvalue weighted by molar-refractivity contribution is 5.47. The number of rotatable bonds is 4. The zero-order chi connectivity index (χ0) is 9.97. The molecule has 0 heterocycles. The number of para-hydroxylation sites is 1. The minimum atomic E-state index is -0.323. The summed E-state index contributed by atoms with van der Waals surface area (Å²) in [5.74, 6) is 0.514. The Balaban J connectivity index is 1.90. The third-order valence-electron chi connectivity index (χ3n) is 2.59. The van der Waals surface area contributed by atoms with Crippen LogP contribution < -0.4 is 11.1 Å². The quantitative estimate of drug-likeness (QED) is 0.718. The molecule has 76 valence electrons.